The normalized spacial score (nSPS) is 20.3. The molecule has 1 aromatic heterocycles. The van der Waals surface area contributed by atoms with Crippen molar-refractivity contribution in [3.05, 3.63) is 258 Å². The van der Waals surface area contributed by atoms with Gasteiger partial charge in [0.2, 0.25) is 0 Å². The van der Waals surface area contributed by atoms with Crippen molar-refractivity contribution >= 4 is 39.0 Å². The summed E-state index contributed by atoms with van der Waals surface area (Å²) in [6.07, 6.45) is 6.68. The molecule has 2 saturated carbocycles. The molecule has 324 valence electrons. The Morgan fingerprint density at radius 1 is 0.418 bits per heavy atom. The van der Waals surface area contributed by atoms with Gasteiger partial charge in [-0.2, -0.15) is 0 Å². The van der Waals surface area contributed by atoms with E-state index in [9.17, 15) is 0 Å². The van der Waals surface area contributed by atoms with Crippen LogP contribution in [0.3, 0.4) is 0 Å². The molecule has 0 saturated heterocycles. The molecule has 3 aliphatic rings. The highest BCUT2D eigenvalue weighted by Crippen LogP contribution is 2.62. The second-order valence-electron chi connectivity index (χ2n) is 19.7. The van der Waals surface area contributed by atoms with Crippen LogP contribution in [0.2, 0.25) is 0 Å². The van der Waals surface area contributed by atoms with Crippen LogP contribution < -0.4 is 4.90 Å². The minimum absolute atomic E-state index is 0.222. The van der Waals surface area contributed by atoms with E-state index >= 15 is 0 Å². The molecule has 67 heavy (non-hydrogen) atoms. The zero-order valence-electron chi connectivity index (χ0n) is 38.0. The molecule has 0 N–H and O–H groups in total. The fraction of sp³-hybridized carbons (Fsp3) is 0.169. The van der Waals surface area contributed by atoms with Crippen LogP contribution in [0.5, 0.6) is 0 Å². The number of anilines is 3. The van der Waals surface area contributed by atoms with Crippen molar-refractivity contribution in [3.63, 3.8) is 0 Å². The minimum Gasteiger partial charge on any atom is -0.456 e. The summed E-state index contributed by atoms with van der Waals surface area (Å²) in [4.78, 5) is 2.52. The fourth-order valence-electron chi connectivity index (χ4n) is 13.2. The van der Waals surface area contributed by atoms with E-state index in [0.717, 1.165) is 62.0 Å². The summed E-state index contributed by atoms with van der Waals surface area (Å²) in [7, 11) is 0. The number of fused-ring (bicyclic) bond motifs is 7. The molecular weight excluding hydrogens is 811 g/mol. The Balaban J connectivity index is 1.05. The van der Waals surface area contributed by atoms with Crippen molar-refractivity contribution in [3.8, 4) is 22.3 Å². The molecule has 9 aromatic carbocycles. The predicted molar refractivity (Wildman–Crippen MR) is 278 cm³/mol. The zero-order chi connectivity index (χ0) is 44.5. The molecule has 1 unspecified atom stereocenters. The Kier molecular flexibility index (Phi) is 9.46. The Morgan fingerprint density at radius 3 is 1.72 bits per heavy atom. The van der Waals surface area contributed by atoms with Gasteiger partial charge in [-0.25, -0.2) is 0 Å². The number of nitrogens with zero attached hydrogens (tertiary/aromatic N) is 1. The van der Waals surface area contributed by atoms with Crippen molar-refractivity contribution in [2.24, 2.45) is 17.8 Å². The maximum absolute atomic E-state index is 6.35. The summed E-state index contributed by atoms with van der Waals surface area (Å²) >= 11 is 0. The van der Waals surface area contributed by atoms with E-state index < -0.39 is 5.41 Å². The van der Waals surface area contributed by atoms with Gasteiger partial charge in [0.15, 0.2) is 0 Å². The topological polar surface area (TPSA) is 16.4 Å². The molecule has 3 aliphatic carbocycles. The van der Waals surface area contributed by atoms with E-state index in [0.29, 0.717) is 5.92 Å². The number of hydrogen-bond acceptors (Lipinski definition) is 2. The van der Waals surface area contributed by atoms with Crippen LogP contribution in [0.4, 0.5) is 17.1 Å². The Labute approximate surface area is 394 Å². The SMILES string of the molecule is C[C@]1(C2C[C@H]3CC[C@@H](C2)C3)c2ccccc2C(c2ccccc2)(c2ccccc2)c2ccc(N(c3ccc(-c4ccc5c(c4)oc4ccccc45)cc3)c3ccccc3-c3ccccc3)cc21. The maximum atomic E-state index is 6.35. The van der Waals surface area contributed by atoms with E-state index in [-0.39, 0.29) is 5.41 Å². The molecule has 4 atom stereocenters. The number of benzene rings is 9. The second-order valence-corrected chi connectivity index (χ2v) is 19.7. The van der Waals surface area contributed by atoms with Crippen LogP contribution in [-0.4, -0.2) is 0 Å². The number of para-hydroxylation sites is 2. The van der Waals surface area contributed by atoms with Crippen LogP contribution in [0.25, 0.3) is 44.2 Å². The Bertz CT molecular complexity index is 3370. The summed E-state index contributed by atoms with van der Waals surface area (Å²) in [5.41, 5.74) is 17.5. The largest absolute Gasteiger partial charge is 0.456 e. The summed E-state index contributed by atoms with van der Waals surface area (Å²) in [6, 6.07) is 83.7. The zero-order valence-corrected chi connectivity index (χ0v) is 38.0. The third kappa shape index (κ3) is 6.30. The third-order valence-corrected chi connectivity index (χ3v) is 16.3. The quantitative estimate of drug-likeness (QED) is 0.151. The van der Waals surface area contributed by atoms with Gasteiger partial charge in [0.25, 0.3) is 0 Å². The summed E-state index contributed by atoms with van der Waals surface area (Å²) < 4.78 is 6.35. The standard InChI is InChI=1S/C65H53NO/c1-64(51-40-44-29-30-45(39-44)41-51)57-25-13-14-26-58(57)65(49-19-7-3-8-20-49,50-21-9-4-10-22-50)59-38-36-53(43-60(59)64)66(61-27-15-11-23-54(61)47-17-5-2-6-18-47)52-34-31-46(32-35-52)48-33-37-56-55-24-12-16-28-62(55)67-63(56)42-48/h2-28,31-38,42-45,51H,29-30,39-41H2,1H3/t44-,45+,51?,64-/m0/s1. The average Bonchev–Trinajstić information content (AvgIpc) is 3.95. The lowest BCUT2D eigenvalue weighted by Crippen LogP contribution is -2.47. The highest BCUT2D eigenvalue weighted by molar-refractivity contribution is 6.06. The smallest absolute Gasteiger partial charge is 0.136 e. The Hall–Kier alpha value is -7.42. The molecule has 1 heterocycles. The first-order valence-corrected chi connectivity index (χ1v) is 24.4. The lowest BCUT2D eigenvalue weighted by Gasteiger charge is -2.53. The van der Waals surface area contributed by atoms with E-state index in [1.165, 1.54) is 76.6 Å². The lowest BCUT2D eigenvalue weighted by atomic mass is 9.49. The van der Waals surface area contributed by atoms with Crippen LogP contribution >= 0.6 is 0 Å². The summed E-state index contributed by atoms with van der Waals surface area (Å²) in [5, 5.41) is 2.29. The highest BCUT2D eigenvalue weighted by Gasteiger charge is 2.54. The van der Waals surface area contributed by atoms with Gasteiger partial charge in [-0.15, -0.1) is 0 Å². The molecule has 0 amide bonds. The van der Waals surface area contributed by atoms with Crippen molar-refractivity contribution in [1.82, 2.24) is 0 Å². The van der Waals surface area contributed by atoms with Gasteiger partial charge in [0.05, 0.1) is 11.1 Å². The number of rotatable bonds is 8. The maximum Gasteiger partial charge on any atom is 0.136 e. The van der Waals surface area contributed by atoms with E-state index in [1.807, 2.05) is 6.07 Å². The van der Waals surface area contributed by atoms with E-state index in [2.05, 4.69) is 230 Å². The van der Waals surface area contributed by atoms with Crippen LogP contribution in [0.1, 0.15) is 72.4 Å². The summed E-state index contributed by atoms with van der Waals surface area (Å²) in [5.74, 6) is 2.12. The van der Waals surface area contributed by atoms with Crippen molar-refractivity contribution < 1.29 is 4.42 Å². The van der Waals surface area contributed by atoms with Gasteiger partial charge in [0, 0.05) is 33.1 Å². The number of furan rings is 1. The molecule has 0 radical (unpaired) electrons. The molecule has 10 aromatic rings. The molecule has 0 aliphatic heterocycles. The van der Waals surface area contributed by atoms with Crippen molar-refractivity contribution in [2.45, 2.75) is 49.9 Å². The molecule has 2 fully saturated rings. The number of hydrogen-bond donors (Lipinski definition) is 0. The first kappa shape index (κ1) is 39.9. The second kappa shape index (κ2) is 15.9. The average molecular weight is 864 g/mol. The highest BCUT2D eigenvalue weighted by atomic mass is 16.3. The molecule has 2 nitrogen and oxygen atoms in total. The molecule has 2 heteroatoms. The van der Waals surface area contributed by atoms with Crippen molar-refractivity contribution in [2.75, 3.05) is 4.90 Å². The fourth-order valence-corrected chi connectivity index (χ4v) is 13.2. The molecule has 0 spiro atoms. The Morgan fingerprint density at radius 2 is 0.985 bits per heavy atom. The van der Waals surface area contributed by atoms with Crippen LogP contribution in [-0.2, 0) is 10.8 Å². The molecular formula is C65H53NO. The minimum atomic E-state index is -0.518. The van der Waals surface area contributed by atoms with E-state index in [1.54, 1.807) is 0 Å². The first-order chi connectivity index (χ1) is 33.1. The predicted octanol–water partition coefficient (Wildman–Crippen LogP) is 17.2. The third-order valence-electron chi connectivity index (χ3n) is 16.3. The summed E-state index contributed by atoms with van der Waals surface area (Å²) in [6.45, 7) is 2.62. The monoisotopic (exact) mass is 863 g/mol. The van der Waals surface area contributed by atoms with Gasteiger partial charge in [-0.1, -0.05) is 196 Å². The lowest BCUT2D eigenvalue weighted by molar-refractivity contribution is 0.187. The van der Waals surface area contributed by atoms with Crippen molar-refractivity contribution in [1.29, 1.82) is 0 Å². The van der Waals surface area contributed by atoms with Crippen LogP contribution in [0, 0.1) is 17.8 Å². The van der Waals surface area contributed by atoms with Gasteiger partial charge >= 0.3 is 0 Å². The molecule has 13 rings (SSSR count). The van der Waals surface area contributed by atoms with Gasteiger partial charge in [-0.05, 0) is 136 Å². The first-order valence-electron chi connectivity index (χ1n) is 24.4. The van der Waals surface area contributed by atoms with Gasteiger partial charge < -0.3 is 9.32 Å². The van der Waals surface area contributed by atoms with E-state index in [4.69, 9.17) is 4.42 Å². The van der Waals surface area contributed by atoms with Gasteiger partial charge in [-0.3, -0.25) is 0 Å². The molecule has 2 bridgehead atoms. The van der Waals surface area contributed by atoms with Crippen LogP contribution in [0.15, 0.2) is 229 Å². The van der Waals surface area contributed by atoms with Gasteiger partial charge in [0.1, 0.15) is 11.2 Å².